The summed E-state index contributed by atoms with van der Waals surface area (Å²) in [5, 5.41) is 10.6. The molecule has 2 aliphatic carbocycles. The maximum atomic E-state index is 11.7. The van der Waals surface area contributed by atoms with Crippen LogP contribution in [0.1, 0.15) is 59.3 Å². The zero-order valence-corrected chi connectivity index (χ0v) is 11.7. The summed E-state index contributed by atoms with van der Waals surface area (Å²) in [6.07, 6.45) is 5.21. The second-order valence-corrected chi connectivity index (χ2v) is 7.04. The van der Waals surface area contributed by atoms with Crippen LogP contribution in [-0.2, 0) is 9.53 Å². The molecule has 2 rings (SSSR count). The van der Waals surface area contributed by atoms with Crippen LogP contribution in [0.25, 0.3) is 0 Å². The quantitative estimate of drug-likeness (QED) is 0.607. The minimum absolute atomic E-state index is 0.0926. The SMILES string of the molecule is C=C(C)C(=O)OC1(C)CC2(C)CCCC(O)(C2)C1. The summed E-state index contributed by atoms with van der Waals surface area (Å²) in [7, 11) is 0. The number of esters is 1. The van der Waals surface area contributed by atoms with Crippen molar-refractivity contribution in [2.45, 2.75) is 70.5 Å². The summed E-state index contributed by atoms with van der Waals surface area (Å²) < 4.78 is 5.61. The van der Waals surface area contributed by atoms with Crippen LogP contribution in [0.3, 0.4) is 0 Å². The topological polar surface area (TPSA) is 46.5 Å². The molecule has 0 aromatic heterocycles. The van der Waals surface area contributed by atoms with E-state index in [0.717, 1.165) is 32.1 Å². The molecule has 0 spiro atoms. The van der Waals surface area contributed by atoms with Gasteiger partial charge in [0.25, 0.3) is 0 Å². The molecule has 0 aliphatic heterocycles. The highest BCUT2D eigenvalue weighted by Gasteiger charge is 2.54. The van der Waals surface area contributed by atoms with Crippen LogP contribution in [-0.4, -0.2) is 22.3 Å². The van der Waals surface area contributed by atoms with Crippen LogP contribution in [0.5, 0.6) is 0 Å². The fraction of sp³-hybridized carbons (Fsp3) is 0.800. The van der Waals surface area contributed by atoms with Crippen LogP contribution in [0, 0.1) is 5.41 Å². The van der Waals surface area contributed by atoms with Gasteiger partial charge >= 0.3 is 5.97 Å². The van der Waals surface area contributed by atoms with E-state index >= 15 is 0 Å². The summed E-state index contributed by atoms with van der Waals surface area (Å²) in [5.41, 5.74) is -0.702. The number of rotatable bonds is 2. The third kappa shape index (κ3) is 2.61. The third-order valence-corrected chi connectivity index (χ3v) is 4.37. The van der Waals surface area contributed by atoms with Crippen LogP contribution in [0.4, 0.5) is 0 Å². The smallest absolute Gasteiger partial charge is 0.333 e. The molecule has 18 heavy (non-hydrogen) atoms. The fourth-order valence-electron chi connectivity index (χ4n) is 4.16. The Labute approximate surface area is 109 Å². The fourth-order valence-corrected chi connectivity index (χ4v) is 4.16. The standard InChI is InChI=1S/C15H24O3/c1-11(2)12(16)18-14(4)8-13(3)6-5-7-15(17,9-13)10-14/h17H,1,5-10H2,2-4H3. The maximum absolute atomic E-state index is 11.7. The average molecular weight is 252 g/mol. The Morgan fingerprint density at radius 1 is 1.22 bits per heavy atom. The monoisotopic (exact) mass is 252 g/mol. The van der Waals surface area contributed by atoms with Gasteiger partial charge in [-0.15, -0.1) is 0 Å². The van der Waals surface area contributed by atoms with Crippen LogP contribution in [0.15, 0.2) is 12.2 Å². The molecule has 3 unspecified atom stereocenters. The van der Waals surface area contributed by atoms with Gasteiger partial charge < -0.3 is 9.84 Å². The number of hydrogen-bond donors (Lipinski definition) is 1. The summed E-state index contributed by atoms with van der Waals surface area (Å²) in [5.74, 6) is -0.343. The molecule has 2 saturated carbocycles. The number of hydrogen-bond acceptors (Lipinski definition) is 3. The molecule has 3 atom stereocenters. The van der Waals surface area contributed by atoms with E-state index in [-0.39, 0.29) is 11.4 Å². The molecule has 2 fully saturated rings. The Balaban J connectivity index is 2.19. The van der Waals surface area contributed by atoms with E-state index < -0.39 is 11.2 Å². The summed E-state index contributed by atoms with van der Waals surface area (Å²) in [6, 6.07) is 0. The van der Waals surface area contributed by atoms with Crippen molar-refractivity contribution in [1.82, 2.24) is 0 Å². The molecule has 1 N–H and O–H groups in total. The first-order valence-electron chi connectivity index (χ1n) is 6.77. The van der Waals surface area contributed by atoms with E-state index in [0.29, 0.717) is 12.0 Å². The number of ether oxygens (including phenoxy) is 1. The van der Waals surface area contributed by atoms with E-state index in [1.807, 2.05) is 6.92 Å². The molecule has 2 bridgehead atoms. The molecule has 0 heterocycles. The van der Waals surface area contributed by atoms with Gasteiger partial charge in [-0.3, -0.25) is 0 Å². The van der Waals surface area contributed by atoms with Crippen molar-refractivity contribution < 1.29 is 14.6 Å². The van der Waals surface area contributed by atoms with Crippen LogP contribution < -0.4 is 0 Å². The van der Waals surface area contributed by atoms with Crippen molar-refractivity contribution in [2.24, 2.45) is 5.41 Å². The van der Waals surface area contributed by atoms with E-state index in [2.05, 4.69) is 13.5 Å². The van der Waals surface area contributed by atoms with Crippen molar-refractivity contribution in [1.29, 1.82) is 0 Å². The van der Waals surface area contributed by atoms with Gasteiger partial charge in [-0.2, -0.15) is 0 Å². The molecule has 2 aliphatic rings. The molecular weight excluding hydrogens is 228 g/mol. The molecule has 0 saturated heterocycles. The van der Waals surface area contributed by atoms with Gasteiger partial charge in [-0.1, -0.05) is 19.9 Å². The molecule has 3 nitrogen and oxygen atoms in total. The minimum atomic E-state index is -0.657. The average Bonchev–Trinajstić information content (AvgIpc) is 2.11. The van der Waals surface area contributed by atoms with Crippen LogP contribution >= 0.6 is 0 Å². The van der Waals surface area contributed by atoms with Gasteiger partial charge in [0.05, 0.1) is 5.60 Å². The normalized spacial score (nSPS) is 43.3. The lowest BCUT2D eigenvalue weighted by molar-refractivity contribution is -0.189. The zero-order valence-electron chi connectivity index (χ0n) is 11.7. The highest BCUT2D eigenvalue weighted by molar-refractivity contribution is 5.87. The number of fused-ring (bicyclic) bond motifs is 2. The molecule has 0 amide bonds. The summed E-state index contributed by atoms with van der Waals surface area (Å²) >= 11 is 0. The second-order valence-electron chi connectivity index (χ2n) is 7.04. The van der Waals surface area contributed by atoms with Crippen molar-refractivity contribution in [2.75, 3.05) is 0 Å². The lowest BCUT2D eigenvalue weighted by Crippen LogP contribution is -2.55. The number of aliphatic hydroxyl groups is 1. The second kappa shape index (κ2) is 4.09. The van der Waals surface area contributed by atoms with Crippen molar-refractivity contribution in [3.63, 3.8) is 0 Å². The lowest BCUT2D eigenvalue weighted by atomic mass is 9.56. The van der Waals surface area contributed by atoms with E-state index in [1.165, 1.54) is 0 Å². The van der Waals surface area contributed by atoms with E-state index in [4.69, 9.17) is 4.74 Å². The Morgan fingerprint density at radius 3 is 2.44 bits per heavy atom. The first kappa shape index (κ1) is 13.6. The van der Waals surface area contributed by atoms with Gasteiger partial charge in [-0.05, 0) is 44.9 Å². The zero-order chi connectivity index (χ0) is 13.6. The van der Waals surface area contributed by atoms with Gasteiger partial charge in [0.2, 0.25) is 0 Å². The van der Waals surface area contributed by atoms with Gasteiger partial charge in [0.1, 0.15) is 5.60 Å². The largest absolute Gasteiger partial charge is 0.456 e. The van der Waals surface area contributed by atoms with Gasteiger partial charge in [0, 0.05) is 12.0 Å². The maximum Gasteiger partial charge on any atom is 0.333 e. The van der Waals surface area contributed by atoms with Crippen molar-refractivity contribution in [3.8, 4) is 0 Å². The molecule has 0 radical (unpaired) electrons. The van der Waals surface area contributed by atoms with Crippen molar-refractivity contribution in [3.05, 3.63) is 12.2 Å². The molecular formula is C15H24O3. The Hall–Kier alpha value is -0.830. The molecule has 3 heteroatoms. The highest BCUT2D eigenvalue weighted by Crippen LogP contribution is 2.55. The molecule has 102 valence electrons. The van der Waals surface area contributed by atoms with E-state index in [1.54, 1.807) is 6.92 Å². The summed E-state index contributed by atoms with van der Waals surface area (Å²) in [6.45, 7) is 9.42. The predicted molar refractivity (Wildman–Crippen MR) is 70.1 cm³/mol. The summed E-state index contributed by atoms with van der Waals surface area (Å²) in [4.78, 5) is 11.7. The molecule has 0 aromatic carbocycles. The number of carbonyl (C=O) groups is 1. The third-order valence-electron chi connectivity index (χ3n) is 4.37. The van der Waals surface area contributed by atoms with Crippen LogP contribution in [0.2, 0.25) is 0 Å². The predicted octanol–water partition coefficient (Wildman–Crippen LogP) is 2.97. The molecule has 0 aromatic rings. The van der Waals surface area contributed by atoms with Gasteiger partial charge in [-0.25, -0.2) is 4.79 Å². The Kier molecular flexibility index (Phi) is 3.09. The number of carbonyl (C=O) groups excluding carboxylic acids is 1. The first-order chi connectivity index (χ1) is 8.16. The van der Waals surface area contributed by atoms with Crippen molar-refractivity contribution >= 4 is 5.97 Å². The highest BCUT2D eigenvalue weighted by atomic mass is 16.6. The minimum Gasteiger partial charge on any atom is -0.456 e. The lowest BCUT2D eigenvalue weighted by Gasteiger charge is -2.54. The Bertz CT molecular complexity index is 369. The van der Waals surface area contributed by atoms with E-state index in [9.17, 15) is 9.90 Å². The van der Waals surface area contributed by atoms with Gasteiger partial charge in [0.15, 0.2) is 0 Å². The Morgan fingerprint density at radius 2 is 1.89 bits per heavy atom. The first-order valence-corrected chi connectivity index (χ1v) is 6.77.